The van der Waals surface area contributed by atoms with Crippen LogP contribution in [0.3, 0.4) is 0 Å². The first kappa shape index (κ1) is 17.7. The fourth-order valence-corrected chi connectivity index (χ4v) is 3.31. The lowest BCUT2D eigenvalue weighted by atomic mass is 9.97. The summed E-state index contributed by atoms with van der Waals surface area (Å²) in [7, 11) is 1.64. The number of nitro benzene ring substituents is 1. The number of benzene rings is 3. The van der Waals surface area contributed by atoms with Gasteiger partial charge in [0.2, 0.25) is 0 Å². The van der Waals surface area contributed by atoms with Gasteiger partial charge in [-0.15, -0.1) is 0 Å². The Morgan fingerprint density at radius 2 is 1.75 bits per heavy atom. The number of methoxy groups -OCH3 is 1. The molecule has 0 radical (unpaired) electrons. The Morgan fingerprint density at radius 1 is 1.04 bits per heavy atom. The summed E-state index contributed by atoms with van der Waals surface area (Å²) in [5.74, 6) is 0.795. The van der Waals surface area contributed by atoms with E-state index in [0.717, 1.165) is 34.0 Å². The Bertz CT molecular complexity index is 1030. The summed E-state index contributed by atoms with van der Waals surface area (Å²) in [6, 6.07) is 22.4. The van der Waals surface area contributed by atoms with Crippen LogP contribution in [0.5, 0.6) is 5.75 Å². The summed E-state index contributed by atoms with van der Waals surface area (Å²) in [6.07, 6.45) is 0.652. The van der Waals surface area contributed by atoms with Crippen LogP contribution in [0.1, 0.15) is 23.6 Å². The van der Waals surface area contributed by atoms with E-state index in [1.807, 2.05) is 48.5 Å². The molecule has 0 aromatic heterocycles. The van der Waals surface area contributed by atoms with Gasteiger partial charge in [0.1, 0.15) is 5.75 Å². The molecule has 6 heteroatoms. The molecule has 0 amide bonds. The third-order valence-electron chi connectivity index (χ3n) is 4.82. The van der Waals surface area contributed by atoms with Crippen LogP contribution in [0.2, 0.25) is 0 Å². The number of nitro groups is 1. The second kappa shape index (κ2) is 7.52. The van der Waals surface area contributed by atoms with Gasteiger partial charge >= 0.3 is 0 Å². The van der Waals surface area contributed by atoms with Gasteiger partial charge in [-0.3, -0.25) is 15.1 Å². The Morgan fingerprint density at radius 3 is 2.43 bits per heavy atom. The van der Waals surface area contributed by atoms with Gasteiger partial charge in [0.25, 0.3) is 5.69 Å². The highest BCUT2D eigenvalue weighted by Gasteiger charge is 2.21. The average Bonchev–Trinajstić information content (AvgIpc) is 2.93. The van der Waals surface area contributed by atoms with Gasteiger partial charge in [-0.25, -0.2) is 0 Å². The average molecular weight is 373 g/mol. The molecule has 0 saturated carbocycles. The van der Waals surface area contributed by atoms with Gasteiger partial charge in [-0.1, -0.05) is 24.3 Å². The zero-order valence-corrected chi connectivity index (χ0v) is 15.3. The molecule has 4 rings (SSSR count). The molecule has 3 aromatic rings. The Hall–Kier alpha value is -3.67. The van der Waals surface area contributed by atoms with E-state index in [4.69, 9.17) is 9.73 Å². The Labute approximate surface area is 162 Å². The third kappa shape index (κ3) is 3.57. The molecule has 1 N–H and O–H groups in total. The molecule has 3 aromatic carbocycles. The van der Waals surface area contributed by atoms with Crippen LogP contribution in [0.15, 0.2) is 77.8 Å². The lowest BCUT2D eigenvalue weighted by molar-refractivity contribution is -0.384. The van der Waals surface area contributed by atoms with Crippen molar-refractivity contribution in [3.05, 3.63) is 94.0 Å². The molecule has 1 heterocycles. The van der Waals surface area contributed by atoms with Crippen LogP contribution in [-0.4, -0.2) is 17.7 Å². The van der Waals surface area contributed by atoms with E-state index in [-0.39, 0.29) is 16.7 Å². The highest BCUT2D eigenvalue weighted by Crippen LogP contribution is 2.35. The largest absolute Gasteiger partial charge is 0.497 e. The number of aliphatic imine (C=N–C) groups is 1. The smallest absolute Gasteiger partial charge is 0.269 e. The monoisotopic (exact) mass is 373 g/mol. The van der Waals surface area contributed by atoms with E-state index in [0.29, 0.717) is 6.42 Å². The van der Waals surface area contributed by atoms with Crippen molar-refractivity contribution in [2.45, 2.75) is 12.5 Å². The fraction of sp³-hybridized carbons (Fsp3) is 0.136. The molecule has 0 unspecified atom stereocenters. The summed E-state index contributed by atoms with van der Waals surface area (Å²) < 4.78 is 5.25. The minimum absolute atomic E-state index is 0.0506. The maximum atomic E-state index is 11.0. The molecule has 0 bridgehead atoms. The molecule has 1 atom stereocenters. The normalized spacial score (nSPS) is 15.6. The van der Waals surface area contributed by atoms with Crippen molar-refractivity contribution in [3.8, 4) is 5.75 Å². The molecular weight excluding hydrogens is 354 g/mol. The fourth-order valence-electron chi connectivity index (χ4n) is 3.31. The van der Waals surface area contributed by atoms with E-state index >= 15 is 0 Å². The van der Waals surface area contributed by atoms with Gasteiger partial charge in [0, 0.05) is 18.6 Å². The number of nitrogens with zero attached hydrogens (tertiary/aromatic N) is 2. The molecule has 28 heavy (non-hydrogen) atoms. The van der Waals surface area contributed by atoms with Crippen molar-refractivity contribution in [3.63, 3.8) is 0 Å². The second-order valence-electron chi connectivity index (χ2n) is 6.55. The first-order valence-corrected chi connectivity index (χ1v) is 8.96. The van der Waals surface area contributed by atoms with Crippen LogP contribution in [0.25, 0.3) is 0 Å². The van der Waals surface area contributed by atoms with Crippen LogP contribution >= 0.6 is 0 Å². The van der Waals surface area contributed by atoms with Crippen LogP contribution < -0.4 is 10.1 Å². The summed E-state index contributed by atoms with van der Waals surface area (Å²) in [6.45, 7) is 0. The number of nitrogens with one attached hydrogen (secondary N) is 1. The van der Waals surface area contributed by atoms with Gasteiger partial charge in [-0.2, -0.15) is 0 Å². The number of fused-ring (bicyclic) bond motifs is 1. The third-order valence-corrected chi connectivity index (χ3v) is 4.82. The summed E-state index contributed by atoms with van der Waals surface area (Å²) >= 11 is 0. The lowest BCUT2D eigenvalue weighted by Gasteiger charge is -2.19. The Balaban J connectivity index is 1.73. The molecule has 1 aliphatic rings. The molecule has 140 valence electrons. The number of anilines is 1. The molecule has 1 aliphatic heterocycles. The molecule has 0 aliphatic carbocycles. The van der Waals surface area contributed by atoms with Crippen LogP contribution in [-0.2, 0) is 0 Å². The van der Waals surface area contributed by atoms with Crippen molar-refractivity contribution < 1.29 is 9.66 Å². The predicted octanol–water partition coefficient (Wildman–Crippen LogP) is 5.28. The van der Waals surface area contributed by atoms with E-state index in [2.05, 4.69) is 5.32 Å². The summed E-state index contributed by atoms with van der Waals surface area (Å²) in [5, 5.41) is 14.5. The number of hydrogen-bond donors (Lipinski definition) is 1. The number of ether oxygens (including phenoxy) is 1. The maximum absolute atomic E-state index is 11.0. The van der Waals surface area contributed by atoms with Crippen molar-refractivity contribution in [1.82, 2.24) is 0 Å². The first-order valence-electron chi connectivity index (χ1n) is 8.96. The minimum Gasteiger partial charge on any atom is -0.497 e. The van der Waals surface area contributed by atoms with Gasteiger partial charge in [0.05, 0.1) is 35.2 Å². The van der Waals surface area contributed by atoms with E-state index < -0.39 is 0 Å². The maximum Gasteiger partial charge on any atom is 0.269 e. The van der Waals surface area contributed by atoms with Gasteiger partial charge < -0.3 is 10.1 Å². The highest BCUT2D eigenvalue weighted by atomic mass is 16.6. The minimum atomic E-state index is -0.385. The quantitative estimate of drug-likeness (QED) is 0.498. The zero-order valence-electron chi connectivity index (χ0n) is 15.3. The Kier molecular flexibility index (Phi) is 4.76. The number of rotatable bonds is 4. The number of non-ortho nitro benzene ring substituents is 1. The predicted molar refractivity (Wildman–Crippen MR) is 110 cm³/mol. The lowest BCUT2D eigenvalue weighted by Crippen LogP contribution is -2.14. The van der Waals surface area contributed by atoms with Crippen molar-refractivity contribution in [1.29, 1.82) is 0 Å². The topological polar surface area (TPSA) is 76.8 Å². The summed E-state index contributed by atoms with van der Waals surface area (Å²) in [4.78, 5) is 15.5. The molecular formula is C22H19N3O3. The highest BCUT2D eigenvalue weighted by molar-refractivity contribution is 6.04. The summed E-state index contributed by atoms with van der Waals surface area (Å²) in [5.41, 5.74) is 4.84. The van der Waals surface area contributed by atoms with E-state index in [1.165, 1.54) is 12.1 Å². The van der Waals surface area contributed by atoms with Crippen molar-refractivity contribution in [2.24, 2.45) is 4.99 Å². The SMILES string of the molecule is COc1ccc(C2=Nc3ccccc3N[C@H](c3ccc([N+](=O)[O-])cc3)C2)cc1. The van der Waals surface area contributed by atoms with Crippen molar-refractivity contribution >= 4 is 22.8 Å². The van der Waals surface area contributed by atoms with Crippen LogP contribution in [0.4, 0.5) is 17.1 Å². The van der Waals surface area contributed by atoms with E-state index in [1.54, 1.807) is 19.2 Å². The molecule has 0 fully saturated rings. The number of para-hydroxylation sites is 2. The zero-order chi connectivity index (χ0) is 19.5. The number of hydrogen-bond acceptors (Lipinski definition) is 5. The standard InChI is InChI=1S/C22H19N3O3/c1-28-18-12-8-16(9-13-18)22-14-21(15-6-10-17(11-7-15)25(26)27)23-19-4-2-3-5-20(19)24-22/h2-13,21,23H,14H2,1H3/t21-/m0/s1. The first-order chi connectivity index (χ1) is 13.6. The van der Waals surface area contributed by atoms with Gasteiger partial charge in [0.15, 0.2) is 0 Å². The van der Waals surface area contributed by atoms with Crippen molar-refractivity contribution in [2.75, 3.05) is 12.4 Å². The molecule has 0 saturated heterocycles. The second-order valence-corrected chi connectivity index (χ2v) is 6.55. The van der Waals surface area contributed by atoms with Gasteiger partial charge in [-0.05, 0) is 47.5 Å². The van der Waals surface area contributed by atoms with Crippen LogP contribution in [0, 0.1) is 10.1 Å². The van der Waals surface area contributed by atoms with E-state index in [9.17, 15) is 10.1 Å². The molecule has 0 spiro atoms. The molecule has 6 nitrogen and oxygen atoms in total.